The Balaban J connectivity index is 2.81. The van der Waals surface area contributed by atoms with Crippen LogP contribution in [0.5, 0.6) is 5.75 Å². The third kappa shape index (κ3) is 4.06. The Morgan fingerprint density at radius 2 is 2.07 bits per heavy atom. The SMILES string of the molecule is O=Cc1cc(I)ccc1OCC(F)(F)F. The van der Waals surface area contributed by atoms with E-state index in [1.807, 2.05) is 22.6 Å². The molecular formula is C9H6F3IO2. The Bertz CT molecular complexity index is 363. The number of alkyl halides is 3. The molecule has 0 spiro atoms. The largest absolute Gasteiger partial charge is 0.483 e. The van der Waals surface area contributed by atoms with Gasteiger partial charge in [-0.15, -0.1) is 0 Å². The zero-order valence-corrected chi connectivity index (χ0v) is 9.50. The maximum atomic E-state index is 11.8. The number of aldehydes is 1. The van der Waals surface area contributed by atoms with Crippen LogP contribution in [0.25, 0.3) is 0 Å². The van der Waals surface area contributed by atoms with E-state index in [1.54, 1.807) is 6.07 Å². The van der Waals surface area contributed by atoms with Crippen LogP contribution in [-0.4, -0.2) is 19.1 Å². The van der Waals surface area contributed by atoms with Crippen LogP contribution in [-0.2, 0) is 0 Å². The number of carbonyl (C=O) groups excluding carboxylic acids is 1. The van der Waals surface area contributed by atoms with Crippen molar-refractivity contribution in [3.05, 3.63) is 27.3 Å². The third-order valence-corrected chi connectivity index (χ3v) is 2.16. The van der Waals surface area contributed by atoms with Crippen molar-refractivity contribution in [1.82, 2.24) is 0 Å². The number of benzene rings is 1. The molecule has 0 bridgehead atoms. The average molecular weight is 330 g/mol. The summed E-state index contributed by atoms with van der Waals surface area (Å²) in [6, 6.07) is 4.37. The van der Waals surface area contributed by atoms with Gasteiger partial charge in [0.05, 0.1) is 5.56 Å². The van der Waals surface area contributed by atoms with Crippen molar-refractivity contribution in [2.45, 2.75) is 6.18 Å². The van der Waals surface area contributed by atoms with E-state index in [9.17, 15) is 18.0 Å². The summed E-state index contributed by atoms with van der Waals surface area (Å²) >= 11 is 1.95. The summed E-state index contributed by atoms with van der Waals surface area (Å²) in [5.74, 6) is -0.0530. The highest BCUT2D eigenvalue weighted by Crippen LogP contribution is 2.22. The Morgan fingerprint density at radius 1 is 1.40 bits per heavy atom. The van der Waals surface area contributed by atoms with Crippen molar-refractivity contribution in [2.24, 2.45) is 0 Å². The molecule has 15 heavy (non-hydrogen) atoms. The molecule has 0 heterocycles. The fourth-order valence-electron chi connectivity index (χ4n) is 0.902. The zero-order valence-electron chi connectivity index (χ0n) is 7.34. The zero-order chi connectivity index (χ0) is 11.5. The summed E-state index contributed by atoms with van der Waals surface area (Å²) < 4.78 is 40.8. The molecule has 0 atom stereocenters. The van der Waals surface area contributed by atoms with Gasteiger partial charge in [-0.1, -0.05) is 0 Å². The Labute approximate surface area is 97.6 Å². The molecule has 0 N–H and O–H groups in total. The molecule has 1 aromatic carbocycles. The predicted molar refractivity (Wildman–Crippen MR) is 56.1 cm³/mol. The number of halogens is 4. The van der Waals surface area contributed by atoms with Crippen LogP contribution >= 0.6 is 22.6 Å². The number of ether oxygens (including phenoxy) is 1. The molecule has 0 unspecified atom stereocenters. The van der Waals surface area contributed by atoms with E-state index in [-0.39, 0.29) is 11.3 Å². The van der Waals surface area contributed by atoms with E-state index in [4.69, 9.17) is 0 Å². The van der Waals surface area contributed by atoms with Gasteiger partial charge in [-0.05, 0) is 40.8 Å². The smallest absolute Gasteiger partial charge is 0.422 e. The lowest BCUT2D eigenvalue weighted by Gasteiger charge is -2.10. The topological polar surface area (TPSA) is 26.3 Å². The molecule has 0 saturated heterocycles. The van der Waals surface area contributed by atoms with Crippen molar-refractivity contribution < 1.29 is 22.7 Å². The molecule has 1 rings (SSSR count). The fourth-order valence-corrected chi connectivity index (χ4v) is 1.42. The molecule has 2 nitrogen and oxygen atoms in total. The van der Waals surface area contributed by atoms with Gasteiger partial charge in [0.25, 0.3) is 0 Å². The number of carbonyl (C=O) groups is 1. The molecule has 0 aliphatic carbocycles. The van der Waals surface area contributed by atoms with Gasteiger partial charge < -0.3 is 4.74 Å². The van der Waals surface area contributed by atoms with Crippen LogP contribution in [0.1, 0.15) is 10.4 Å². The van der Waals surface area contributed by atoms with Crippen molar-refractivity contribution in [3.63, 3.8) is 0 Å². The monoisotopic (exact) mass is 330 g/mol. The molecule has 0 amide bonds. The Morgan fingerprint density at radius 3 is 2.60 bits per heavy atom. The van der Waals surface area contributed by atoms with Gasteiger partial charge in [0.1, 0.15) is 5.75 Å². The van der Waals surface area contributed by atoms with Crippen LogP contribution in [0.2, 0.25) is 0 Å². The average Bonchev–Trinajstić information content (AvgIpc) is 2.14. The summed E-state index contributed by atoms with van der Waals surface area (Å²) in [4.78, 5) is 10.5. The quantitative estimate of drug-likeness (QED) is 0.629. The second-order valence-corrected chi connectivity index (χ2v) is 3.95. The fraction of sp³-hybridized carbons (Fsp3) is 0.222. The van der Waals surface area contributed by atoms with Gasteiger partial charge in [0, 0.05) is 3.57 Å². The van der Waals surface area contributed by atoms with Gasteiger partial charge in [-0.2, -0.15) is 13.2 Å². The lowest BCUT2D eigenvalue weighted by molar-refractivity contribution is -0.153. The summed E-state index contributed by atoms with van der Waals surface area (Å²) in [7, 11) is 0. The van der Waals surface area contributed by atoms with E-state index in [0.29, 0.717) is 6.29 Å². The van der Waals surface area contributed by atoms with Crippen LogP contribution in [0.4, 0.5) is 13.2 Å². The lowest BCUT2D eigenvalue weighted by Crippen LogP contribution is -2.19. The van der Waals surface area contributed by atoms with Gasteiger partial charge in [0.2, 0.25) is 0 Å². The molecule has 0 radical (unpaired) electrons. The van der Waals surface area contributed by atoms with E-state index < -0.39 is 12.8 Å². The predicted octanol–water partition coefficient (Wildman–Crippen LogP) is 3.04. The highest BCUT2D eigenvalue weighted by Gasteiger charge is 2.28. The van der Waals surface area contributed by atoms with Gasteiger partial charge in [0.15, 0.2) is 12.9 Å². The molecule has 0 aliphatic heterocycles. The van der Waals surface area contributed by atoms with Gasteiger partial charge in [-0.3, -0.25) is 4.79 Å². The highest BCUT2D eigenvalue weighted by atomic mass is 127. The maximum absolute atomic E-state index is 11.8. The minimum absolute atomic E-state index is 0.0530. The second kappa shape index (κ2) is 4.82. The molecule has 1 aromatic rings. The van der Waals surface area contributed by atoms with Crippen molar-refractivity contribution >= 4 is 28.9 Å². The van der Waals surface area contributed by atoms with Crippen LogP contribution in [0, 0.1) is 3.57 Å². The molecule has 82 valence electrons. The summed E-state index contributed by atoms with van der Waals surface area (Å²) in [6.07, 6.45) is -3.93. The second-order valence-electron chi connectivity index (χ2n) is 2.70. The third-order valence-electron chi connectivity index (χ3n) is 1.49. The first-order valence-corrected chi connectivity index (χ1v) is 4.94. The molecule has 0 aromatic heterocycles. The summed E-state index contributed by atoms with van der Waals surface area (Å²) in [5, 5.41) is 0. The minimum atomic E-state index is -4.40. The van der Waals surface area contributed by atoms with Crippen molar-refractivity contribution in [3.8, 4) is 5.75 Å². The standard InChI is InChI=1S/C9H6F3IO2/c10-9(11,12)5-15-8-2-1-7(13)3-6(8)4-14/h1-4H,5H2. The van der Waals surface area contributed by atoms with Crippen molar-refractivity contribution in [1.29, 1.82) is 0 Å². The van der Waals surface area contributed by atoms with E-state index in [1.165, 1.54) is 12.1 Å². The molecule has 0 fully saturated rings. The highest BCUT2D eigenvalue weighted by molar-refractivity contribution is 14.1. The van der Waals surface area contributed by atoms with Gasteiger partial charge in [-0.25, -0.2) is 0 Å². The molecular weight excluding hydrogens is 324 g/mol. The van der Waals surface area contributed by atoms with Crippen LogP contribution in [0.3, 0.4) is 0 Å². The molecule has 0 saturated carbocycles. The molecule has 0 aliphatic rings. The lowest BCUT2D eigenvalue weighted by atomic mass is 10.2. The Kier molecular flexibility index (Phi) is 3.95. The number of rotatable bonds is 3. The van der Waals surface area contributed by atoms with Gasteiger partial charge >= 0.3 is 6.18 Å². The van der Waals surface area contributed by atoms with E-state index >= 15 is 0 Å². The summed E-state index contributed by atoms with van der Waals surface area (Å²) in [6.45, 7) is -1.39. The van der Waals surface area contributed by atoms with Crippen LogP contribution in [0.15, 0.2) is 18.2 Å². The van der Waals surface area contributed by atoms with Crippen LogP contribution < -0.4 is 4.74 Å². The first-order valence-electron chi connectivity index (χ1n) is 3.86. The summed E-state index contributed by atoms with van der Waals surface area (Å²) in [5.41, 5.74) is 0.117. The van der Waals surface area contributed by atoms with E-state index in [2.05, 4.69) is 4.74 Å². The van der Waals surface area contributed by atoms with E-state index in [0.717, 1.165) is 3.57 Å². The maximum Gasteiger partial charge on any atom is 0.422 e. The van der Waals surface area contributed by atoms with Crippen molar-refractivity contribution in [2.75, 3.05) is 6.61 Å². The number of hydrogen-bond acceptors (Lipinski definition) is 2. The first kappa shape index (κ1) is 12.3. The molecule has 6 heteroatoms. The minimum Gasteiger partial charge on any atom is -0.483 e. The number of hydrogen-bond donors (Lipinski definition) is 0. The normalized spacial score (nSPS) is 11.2. The first-order chi connectivity index (χ1) is 6.92. The Hall–Kier alpha value is -0.790.